The van der Waals surface area contributed by atoms with E-state index >= 15 is 0 Å². The fourth-order valence-corrected chi connectivity index (χ4v) is 1.86. The summed E-state index contributed by atoms with van der Waals surface area (Å²) in [5.41, 5.74) is 0.300. The molecule has 0 aromatic heterocycles. The Labute approximate surface area is 99.8 Å². The molecule has 0 radical (unpaired) electrons. The summed E-state index contributed by atoms with van der Waals surface area (Å²) in [4.78, 5) is 0. The molecular formula is C13H14FNO2. The van der Waals surface area contributed by atoms with Gasteiger partial charge in [0.05, 0.1) is 24.3 Å². The first-order valence-electron chi connectivity index (χ1n) is 5.73. The average Bonchev–Trinajstić information content (AvgIpc) is 2.84. The number of nitriles is 1. The number of nitrogens with zero attached hydrogens (tertiary/aromatic N) is 1. The molecule has 1 saturated heterocycles. The Morgan fingerprint density at radius 3 is 3.06 bits per heavy atom. The molecule has 0 N–H and O–H groups in total. The summed E-state index contributed by atoms with van der Waals surface area (Å²) in [6, 6.07) is 6.10. The van der Waals surface area contributed by atoms with Gasteiger partial charge in [0.15, 0.2) is 11.6 Å². The van der Waals surface area contributed by atoms with Crippen LogP contribution in [-0.2, 0) is 4.74 Å². The molecule has 0 aliphatic carbocycles. The molecule has 0 spiro atoms. The lowest BCUT2D eigenvalue weighted by Gasteiger charge is -2.11. The minimum atomic E-state index is -0.489. The van der Waals surface area contributed by atoms with E-state index in [-0.39, 0.29) is 11.9 Å². The summed E-state index contributed by atoms with van der Waals surface area (Å²) < 4.78 is 24.2. The Morgan fingerprint density at radius 2 is 2.41 bits per heavy atom. The average molecular weight is 235 g/mol. The summed E-state index contributed by atoms with van der Waals surface area (Å²) in [6.07, 6.45) is 3.17. The predicted molar refractivity (Wildman–Crippen MR) is 60.2 cm³/mol. The maximum Gasteiger partial charge on any atom is 0.166 e. The zero-order valence-electron chi connectivity index (χ0n) is 9.49. The minimum Gasteiger partial charge on any atom is -0.490 e. The van der Waals surface area contributed by atoms with Crippen LogP contribution in [0.1, 0.15) is 24.8 Å². The monoisotopic (exact) mass is 235 g/mol. The molecule has 3 nitrogen and oxygen atoms in total. The molecule has 0 amide bonds. The van der Waals surface area contributed by atoms with Crippen molar-refractivity contribution in [2.45, 2.75) is 25.4 Å². The van der Waals surface area contributed by atoms with E-state index in [0.29, 0.717) is 12.2 Å². The molecule has 1 unspecified atom stereocenters. The van der Waals surface area contributed by atoms with Gasteiger partial charge in [-0.2, -0.15) is 5.26 Å². The highest BCUT2D eigenvalue weighted by Gasteiger charge is 2.15. The normalized spacial score (nSPS) is 18.9. The van der Waals surface area contributed by atoms with Crippen LogP contribution in [0.5, 0.6) is 5.75 Å². The topological polar surface area (TPSA) is 42.2 Å². The highest BCUT2D eigenvalue weighted by molar-refractivity contribution is 5.35. The molecule has 1 atom stereocenters. The van der Waals surface area contributed by atoms with Gasteiger partial charge in [-0.1, -0.05) is 0 Å². The fraction of sp³-hybridized carbons (Fsp3) is 0.462. The van der Waals surface area contributed by atoms with Crippen LogP contribution in [0.15, 0.2) is 18.2 Å². The quantitative estimate of drug-likeness (QED) is 0.805. The van der Waals surface area contributed by atoms with E-state index in [1.165, 1.54) is 12.1 Å². The van der Waals surface area contributed by atoms with Crippen molar-refractivity contribution in [3.8, 4) is 11.8 Å². The van der Waals surface area contributed by atoms with Crippen LogP contribution in [0.25, 0.3) is 0 Å². The second kappa shape index (κ2) is 5.65. The smallest absolute Gasteiger partial charge is 0.166 e. The van der Waals surface area contributed by atoms with Gasteiger partial charge in [0.2, 0.25) is 0 Å². The van der Waals surface area contributed by atoms with Gasteiger partial charge in [0.1, 0.15) is 0 Å². The van der Waals surface area contributed by atoms with E-state index in [9.17, 15) is 4.39 Å². The SMILES string of the molecule is N#Cc1ccc(OCCC2CCCO2)c(F)c1. The van der Waals surface area contributed by atoms with E-state index in [1.54, 1.807) is 6.07 Å². The number of hydrogen-bond donors (Lipinski definition) is 0. The van der Waals surface area contributed by atoms with Gasteiger partial charge >= 0.3 is 0 Å². The predicted octanol–water partition coefficient (Wildman–Crippen LogP) is 2.65. The van der Waals surface area contributed by atoms with E-state index in [2.05, 4.69) is 0 Å². The van der Waals surface area contributed by atoms with Gasteiger partial charge < -0.3 is 9.47 Å². The van der Waals surface area contributed by atoms with E-state index in [1.807, 2.05) is 6.07 Å². The molecule has 1 fully saturated rings. The third-order valence-electron chi connectivity index (χ3n) is 2.78. The third kappa shape index (κ3) is 3.18. The molecule has 1 aliphatic rings. The van der Waals surface area contributed by atoms with Crippen molar-refractivity contribution in [1.82, 2.24) is 0 Å². The Bertz CT molecular complexity index is 422. The molecule has 1 aromatic carbocycles. The summed E-state index contributed by atoms with van der Waals surface area (Å²) in [7, 11) is 0. The first-order chi connectivity index (χ1) is 8.29. The molecule has 17 heavy (non-hydrogen) atoms. The largest absolute Gasteiger partial charge is 0.490 e. The van der Waals surface area contributed by atoms with Gasteiger partial charge in [-0.15, -0.1) is 0 Å². The van der Waals surface area contributed by atoms with Crippen molar-refractivity contribution in [1.29, 1.82) is 5.26 Å². The van der Waals surface area contributed by atoms with Crippen molar-refractivity contribution in [3.63, 3.8) is 0 Å². The van der Waals surface area contributed by atoms with Crippen molar-refractivity contribution < 1.29 is 13.9 Å². The third-order valence-corrected chi connectivity index (χ3v) is 2.78. The van der Waals surface area contributed by atoms with Crippen LogP contribution in [0.4, 0.5) is 4.39 Å². The van der Waals surface area contributed by atoms with Crippen molar-refractivity contribution >= 4 is 0 Å². The molecule has 2 rings (SSSR count). The first-order valence-corrected chi connectivity index (χ1v) is 5.73. The molecule has 0 saturated carbocycles. The van der Waals surface area contributed by atoms with Crippen LogP contribution in [0, 0.1) is 17.1 Å². The maximum atomic E-state index is 13.4. The van der Waals surface area contributed by atoms with Crippen LogP contribution in [-0.4, -0.2) is 19.3 Å². The highest BCUT2D eigenvalue weighted by Crippen LogP contribution is 2.20. The standard InChI is InChI=1S/C13H14FNO2/c14-12-8-10(9-15)3-4-13(12)17-7-5-11-2-1-6-16-11/h3-4,8,11H,1-2,5-7H2. The lowest BCUT2D eigenvalue weighted by molar-refractivity contribution is 0.0897. The molecule has 0 bridgehead atoms. The number of rotatable bonds is 4. The zero-order chi connectivity index (χ0) is 12.1. The Kier molecular flexibility index (Phi) is 3.94. The van der Waals surface area contributed by atoms with Gasteiger partial charge in [-0.05, 0) is 31.0 Å². The van der Waals surface area contributed by atoms with Crippen molar-refractivity contribution in [2.24, 2.45) is 0 Å². The number of hydrogen-bond acceptors (Lipinski definition) is 3. The number of halogens is 1. The van der Waals surface area contributed by atoms with Crippen LogP contribution >= 0.6 is 0 Å². The van der Waals surface area contributed by atoms with E-state index in [0.717, 1.165) is 25.9 Å². The van der Waals surface area contributed by atoms with Crippen LogP contribution in [0.2, 0.25) is 0 Å². The van der Waals surface area contributed by atoms with Crippen molar-refractivity contribution in [3.05, 3.63) is 29.6 Å². The highest BCUT2D eigenvalue weighted by atomic mass is 19.1. The summed E-state index contributed by atoms with van der Waals surface area (Å²) in [5, 5.41) is 8.60. The zero-order valence-corrected chi connectivity index (χ0v) is 9.49. The fourth-order valence-electron chi connectivity index (χ4n) is 1.86. The molecule has 1 aromatic rings. The Hall–Kier alpha value is -1.60. The van der Waals surface area contributed by atoms with Gasteiger partial charge in [-0.3, -0.25) is 0 Å². The molecular weight excluding hydrogens is 221 g/mol. The second-order valence-electron chi connectivity index (χ2n) is 4.03. The van der Waals surface area contributed by atoms with Gasteiger partial charge in [0, 0.05) is 13.0 Å². The van der Waals surface area contributed by atoms with Crippen molar-refractivity contribution in [2.75, 3.05) is 13.2 Å². The molecule has 4 heteroatoms. The number of benzene rings is 1. The Morgan fingerprint density at radius 1 is 1.53 bits per heavy atom. The summed E-state index contributed by atoms with van der Waals surface area (Å²) in [5.74, 6) is -0.293. The second-order valence-corrected chi connectivity index (χ2v) is 4.03. The molecule has 1 heterocycles. The summed E-state index contributed by atoms with van der Waals surface area (Å²) in [6.45, 7) is 1.25. The maximum absolute atomic E-state index is 13.4. The van der Waals surface area contributed by atoms with E-state index < -0.39 is 5.82 Å². The summed E-state index contributed by atoms with van der Waals surface area (Å²) >= 11 is 0. The lowest BCUT2D eigenvalue weighted by atomic mass is 10.2. The Balaban J connectivity index is 1.84. The van der Waals surface area contributed by atoms with Crippen LogP contribution in [0.3, 0.4) is 0 Å². The van der Waals surface area contributed by atoms with Crippen LogP contribution < -0.4 is 4.74 Å². The lowest BCUT2D eigenvalue weighted by Crippen LogP contribution is -2.11. The number of ether oxygens (including phenoxy) is 2. The molecule has 1 aliphatic heterocycles. The molecule has 90 valence electrons. The van der Waals surface area contributed by atoms with E-state index in [4.69, 9.17) is 14.7 Å². The van der Waals surface area contributed by atoms with Gasteiger partial charge in [0.25, 0.3) is 0 Å². The minimum absolute atomic E-state index is 0.196. The first kappa shape index (κ1) is 11.9. The van der Waals surface area contributed by atoms with Gasteiger partial charge in [-0.25, -0.2) is 4.39 Å².